The van der Waals surface area contributed by atoms with Gasteiger partial charge in [0.1, 0.15) is 0 Å². The summed E-state index contributed by atoms with van der Waals surface area (Å²) in [6.07, 6.45) is 3.77. The molecule has 15 heavy (non-hydrogen) atoms. The third-order valence-corrected chi connectivity index (χ3v) is 2.29. The Kier molecular flexibility index (Phi) is 5.42. The SMILES string of the molecule is CC(C)NC(=NCC1CCCCO1)NN. The van der Waals surface area contributed by atoms with Crippen molar-refractivity contribution in [3.05, 3.63) is 0 Å². The van der Waals surface area contributed by atoms with E-state index < -0.39 is 0 Å². The highest BCUT2D eigenvalue weighted by atomic mass is 16.5. The van der Waals surface area contributed by atoms with Crippen LogP contribution < -0.4 is 16.6 Å². The molecule has 1 aliphatic heterocycles. The fraction of sp³-hybridized carbons (Fsp3) is 0.900. The average Bonchev–Trinajstić information content (AvgIpc) is 2.25. The molecule has 0 bridgehead atoms. The summed E-state index contributed by atoms with van der Waals surface area (Å²) in [6.45, 7) is 5.64. The third kappa shape index (κ3) is 4.99. The van der Waals surface area contributed by atoms with E-state index >= 15 is 0 Å². The van der Waals surface area contributed by atoms with Crippen molar-refractivity contribution in [1.29, 1.82) is 0 Å². The van der Waals surface area contributed by atoms with E-state index in [9.17, 15) is 0 Å². The number of nitrogens with zero attached hydrogens (tertiary/aromatic N) is 1. The normalized spacial score (nSPS) is 22.9. The molecule has 88 valence electrons. The Labute approximate surface area is 91.4 Å². The number of hydrogen-bond acceptors (Lipinski definition) is 3. The summed E-state index contributed by atoms with van der Waals surface area (Å²) in [7, 11) is 0. The maximum Gasteiger partial charge on any atom is 0.206 e. The smallest absolute Gasteiger partial charge is 0.206 e. The number of nitrogens with one attached hydrogen (secondary N) is 2. The molecule has 1 rings (SSSR count). The molecule has 0 aliphatic carbocycles. The van der Waals surface area contributed by atoms with Crippen LogP contribution in [0, 0.1) is 0 Å². The Bertz CT molecular complexity index is 200. The molecule has 5 nitrogen and oxygen atoms in total. The van der Waals surface area contributed by atoms with Crippen molar-refractivity contribution in [2.75, 3.05) is 13.2 Å². The molecular weight excluding hydrogens is 192 g/mol. The first-order chi connectivity index (χ1) is 7.22. The number of hydrogen-bond donors (Lipinski definition) is 3. The van der Waals surface area contributed by atoms with Crippen molar-refractivity contribution in [3.63, 3.8) is 0 Å². The number of aliphatic imine (C=N–C) groups is 1. The van der Waals surface area contributed by atoms with Gasteiger partial charge >= 0.3 is 0 Å². The zero-order chi connectivity index (χ0) is 11.1. The second kappa shape index (κ2) is 6.63. The summed E-state index contributed by atoms with van der Waals surface area (Å²) in [5, 5.41) is 3.13. The van der Waals surface area contributed by atoms with Gasteiger partial charge in [-0.05, 0) is 33.1 Å². The summed E-state index contributed by atoms with van der Waals surface area (Å²) in [6, 6.07) is 0.326. The first kappa shape index (κ1) is 12.3. The molecule has 0 spiro atoms. The molecule has 0 radical (unpaired) electrons. The molecule has 1 saturated heterocycles. The predicted molar refractivity (Wildman–Crippen MR) is 61.5 cm³/mol. The number of guanidine groups is 1. The monoisotopic (exact) mass is 214 g/mol. The molecule has 1 atom stereocenters. The summed E-state index contributed by atoms with van der Waals surface area (Å²) in [4.78, 5) is 4.35. The van der Waals surface area contributed by atoms with Crippen molar-refractivity contribution in [2.45, 2.75) is 45.3 Å². The lowest BCUT2D eigenvalue weighted by Crippen LogP contribution is -2.45. The van der Waals surface area contributed by atoms with Crippen LogP contribution in [0.1, 0.15) is 33.1 Å². The van der Waals surface area contributed by atoms with E-state index in [-0.39, 0.29) is 6.10 Å². The van der Waals surface area contributed by atoms with Crippen LogP contribution in [0.25, 0.3) is 0 Å². The Morgan fingerprint density at radius 2 is 2.33 bits per heavy atom. The van der Waals surface area contributed by atoms with Crippen LogP contribution in [-0.4, -0.2) is 31.3 Å². The second-order valence-electron chi connectivity index (χ2n) is 4.12. The van der Waals surface area contributed by atoms with Gasteiger partial charge in [-0.2, -0.15) is 0 Å². The van der Waals surface area contributed by atoms with E-state index in [1.54, 1.807) is 0 Å². The van der Waals surface area contributed by atoms with Gasteiger partial charge in [0.05, 0.1) is 12.6 Å². The largest absolute Gasteiger partial charge is 0.376 e. The van der Waals surface area contributed by atoms with Crippen molar-refractivity contribution in [3.8, 4) is 0 Å². The fourth-order valence-electron chi connectivity index (χ4n) is 1.55. The molecule has 1 heterocycles. The molecule has 4 N–H and O–H groups in total. The van der Waals surface area contributed by atoms with Gasteiger partial charge < -0.3 is 10.1 Å². The lowest BCUT2D eigenvalue weighted by Gasteiger charge is -2.21. The minimum Gasteiger partial charge on any atom is -0.376 e. The molecule has 0 amide bonds. The maximum atomic E-state index is 5.57. The summed E-state index contributed by atoms with van der Waals surface area (Å²) >= 11 is 0. The van der Waals surface area contributed by atoms with Crippen LogP contribution >= 0.6 is 0 Å². The Hall–Kier alpha value is -0.810. The Balaban J connectivity index is 2.31. The minimum atomic E-state index is 0.260. The van der Waals surface area contributed by atoms with Crippen LogP contribution in [0.5, 0.6) is 0 Å². The fourth-order valence-corrected chi connectivity index (χ4v) is 1.55. The predicted octanol–water partition coefficient (Wildman–Crippen LogP) is 0.373. The maximum absolute atomic E-state index is 5.57. The molecule has 5 heteroatoms. The third-order valence-electron chi connectivity index (χ3n) is 2.29. The first-order valence-corrected chi connectivity index (χ1v) is 5.61. The van der Waals surface area contributed by atoms with Crippen LogP contribution in [0.3, 0.4) is 0 Å². The molecule has 0 aromatic heterocycles. The van der Waals surface area contributed by atoms with Gasteiger partial charge in [-0.25, -0.2) is 10.8 Å². The number of nitrogens with two attached hydrogens (primary N) is 1. The molecule has 1 fully saturated rings. The summed E-state index contributed by atoms with van der Waals surface area (Å²) in [5.41, 5.74) is 2.56. The molecule has 0 saturated carbocycles. The minimum absolute atomic E-state index is 0.260. The lowest BCUT2D eigenvalue weighted by molar-refractivity contribution is 0.0224. The highest BCUT2D eigenvalue weighted by molar-refractivity contribution is 5.79. The molecular formula is C10H22N4O. The van der Waals surface area contributed by atoms with Crippen molar-refractivity contribution in [2.24, 2.45) is 10.8 Å². The summed E-state index contributed by atoms with van der Waals surface area (Å²) in [5.74, 6) is 5.99. The zero-order valence-corrected chi connectivity index (χ0v) is 9.62. The van der Waals surface area contributed by atoms with Crippen LogP contribution in [0.2, 0.25) is 0 Å². The quantitative estimate of drug-likeness (QED) is 0.275. The molecule has 0 aromatic carbocycles. The zero-order valence-electron chi connectivity index (χ0n) is 9.62. The first-order valence-electron chi connectivity index (χ1n) is 5.61. The van der Waals surface area contributed by atoms with Crippen LogP contribution in [0.15, 0.2) is 4.99 Å². The van der Waals surface area contributed by atoms with Gasteiger partial charge in [0.25, 0.3) is 0 Å². The van der Waals surface area contributed by atoms with Gasteiger partial charge in [0, 0.05) is 12.6 Å². The van der Waals surface area contributed by atoms with Crippen molar-refractivity contribution < 1.29 is 4.74 Å². The van der Waals surface area contributed by atoms with Gasteiger partial charge in [-0.3, -0.25) is 5.43 Å². The Morgan fingerprint density at radius 1 is 1.53 bits per heavy atom. The van der Waals surface area contributed by atoms with Gasteiger partial charge in [0.15, 0.2) is 0 Å². The molecule has 0 aromatic rings. The van der Waals surface area contributed by atoms with E-state index in [4.69, 9.17) is 10.6 Å². The molecule has 1 aliphatic rings. The van der Waals surface area contributed by atoms with Crippen LogP contribution in [0.4, 0.5) is 0 Å². The lowest BCUT2D eigenvalue weighted by atomic mass is 10.1. The van der Waals surface area contributed by atoms with E-state index in [1.807, 2.05) is 13.8 Å². The highest BCUT2D eigenvalue weighted by Gasteiger charge is 2.13. The number of ether oxygens (including phenoxy) is 1. The number of rotatable bonds is 3. The van der Waals surface area contributed by atoms with Crippen LogP contribution in [-0.2, 0) is 4.74 Å². The summed E-state index contributed by atoms with van der Waals surface area (Å²) < 4.78 is 5.57. The second-order valence-corrected chi connectivity index (χ2v) is 4.12. The molecule has 1 unspecified atom stereocenters. The van der Waals surface area contributed by atoms with Gasteiger partial charge in [-0.15, -0.1) is 0 Å². The number of hydrazine groups is 1. The van der Waals surface area contributed by atoms with Gasteiger partial charge in [0.2, 0.25) is 5.96 Å². The van der Waals surface area contributed by atoms with Crippen molar-refractivity contribution in [1.82, 2.24) is 10.7 Å². The standard InChI is InChI=1S/C10H22N4O/c1-8(2)13-10(14-11)12-7-9-5-3-4-6-15-9/h8-9H,3-7,11H2,1-2H3,(H2,12,13,14). The van der Waals surface area contributed by atoms with E-state index in [0.717, 1.165) is 13.0 Å². The average molecular weight is 214 g/mol. The Morgan fingerprint density at radius 3 is 2.87 bits per heavy atom. The van der Waals surface area contributed by atoms with Gasteiger partial charge in [-0.1, -0.05) is 0 Å². The topological polar surface area (TPSA) is 71.7 Å². The van der Waals surface area contributed by atoms with E-state index in [2.05, 4.69) is 15.7 Å². The highest BCUT2D eigenvalue weighted by Crippen LogP contribution is 2.12. The van der Waals surface area contributed by atoms with E-state index in [0.29, 0.717) is 18.5 Å². The van der Waals surface area contributed by atoms with E-state index in [1.165, 1.54) is 12.8 Å². The van der Waals surface area contributed by atoms with Crippen molar-refractivity contribution >= 4 is 5.96 Å².